The van der Waals surface area contributed by atoms with Gasteiger partial charge in [-0.25, -0.2) is 0 Å². The van der Waals surface area contributed by atoms with Gasteiger partial charge in [0.2, 0.25) is 0 Å². The van der Waals surface area contributed by atoms with Crippen molar-refractivity contribution < 1.29 is 0 Å². The number of anilines is 2. The Hall–Kier alpha value is -1.96. The molecule has 0 aliphatic heterocycles. The maximum Gasteiger partial charge on any atom is 0.0314 e. The largest absolute Gasteiger partial charge is 0.399 e. The molecule has 0 radical (unpaired) electrons. The summed E-state index contributed by atoms with van der Waals surface area (Å²) in [6.07, 6.45) is 10.6. The molecule has 0 unspecified atom stereocenters. The Morgan fingerprint density at radius 3 is 1.50 bits per heavy atom. The fourth-order valence-corrected chi connectivity index (χ4v) is 3.29. The summed E-state index contributed by atoms with van der Waals surface area (Å²) in [5.74, 6) is 0.432. The number of benzene rings is 2. The van der Waals surface area contributed by atoms with E-state index in [2.05, 4.69) is 31.2 Å². The molecule has 24 heavy (non-hydrogen) atoms. The summed E-state index contributed by atoms with van der Waals surface area (Å²) in [5, 5.41) is 0. The monoisotopic (exact) mass is 324 g/mol. The van der Waals surface area contributed by atoms with E-state index in [1.807, 2.05) is 24.3 Å². The van der Waals surface area contributed by atoms with Crippen LogP contribution in [0.1, 0.15) is 75.3 Å². The zero-order valence-electron chi connectivity index (χ0n) is 15.0. The predicted molar refractivity (Wildman–Crippen MR) is 106 cm³/mol. The minimum absolute atomic E-state index is 0.432. The Morgan fingerprint density at radius 2 is 1.04 bits per heavy atom. The molecule has 0 aromatic heterocycles. The number of rotatable bonds is 10. The van der Waals surface area contributed by atoms with Crippen LogP contribution >= 0.6 is 0 Å². The molecule has 2 heteroatoms. The van der Waals surface area contributed by atoms with Crippen molar-refractivity contribution in [2.45, 2.75) is 64.2 Å². The van der Waals surface area contributed by atoms with E-state index < -0.39 is 0 Å². The van der Waals surface area contributed by atoms with E-state index in [4.69, 9.17) is 11.5 Å². The Kier molecular flexibility index (Phi) is 7.67. The van der Waals surface area contributed by atoms with Gasteiger partial charge in [0.15, 0.2) is 0 Å². The molecule has 2 rings (SSSR count). The Bertz CT molecular complexity index is 526. The molecule has 130 valence electrons. The molecule has 2 aromatic rings. The second-order valence-electron chi connectivity index (χ2n) is 6.80. The van der Waals surface area contributed by atoms with Crippen LogP contribution in [0.3, 0.4) is 0 Å². The minimum Gasteiger partial charge on any atom is -0.399 e. The van der Waals surface area contributed by atoms with Crippen LogP contribution in [0.2, 0.25) is 0 Å². The number of nitrogen functional groups attached to an aromatic ring is 2. The van der Waals surface area contributed by atoms with Crippen LogP contribution in [-0.2, 0) is 0 Å². The molecule has 0 atom stereocenters. The predicted octanol–water partition coefficient (Wildman–Crippen LogP) is 6.12. The molecule has 0 fully saturated rings. The van der Waals surface area contributed by atoms with Crippen molar-refractivity contribution in [3.8, 4) is 0 Å². The molecule has 4 N–H and O–H groups in total. The highest BCUT2D eigenvalue weighted by Gasteiger charge is 2.13. The average molecular weight is 325 g/mol. The summed E-state index contributed by atoms with van der Waals surface area (Å²) in [4.78, 5) is 0. The molecule has 0 amide bonds. The topological polar surface area (TPSA) is 52.0 Å². The number of unbranched alkanes of at least 4 members (excludes halogenated alkanes) is 6. The van der Waals surface area contributed by atoms with Crippen molar-refractivity contribution in [2.75, 3.05) is 11.5 Å². The summed E-state index contributed by atoms with van der Waals surface area (Å²) >= 11 is 0. The van der Waals surface area contributed by atoms with Gasteiger partial charge in [-0.1, -0.05) is 76.1 Å². The van der Waals surface area contributed by atoms with Crippen LogP contribution in [0, 0.1) is 0 Å². The molecule has 0 spiro atoms. The van der Waals surface area contributed by atoms with Crippen LogP contribution in [0.5, 0.6) is 0 Å². The van der Waals surface area contributed by atoms with Gasteiger partial charge < -0.3 is 11.5 Å². The van der Waals surface area contributed by atoms with Crippen molar-refractivity contribution in [1.29, 1.82) is 0 Å². The minimum atomic E-state index is 0.432. The molecule has 2 nitrogen and oxygen atoms in total. The molecule has 0 saturated heterocycles. The number of hydrogen-bond acceptors (Lipinski definition) is 2. The van der Waals surface area contributed by atoms with Gasteiger partial charge in [-0.3, -0.25) is 0 Å². The van der Waals surface area contributed by atoms with Gasteiger partial charge in [-0.05, 0) is 41.8 Å². The van der Waals surface area contributed by atoms with Crippen LogP contribution in [0.15, 0.2) is 48.5 Å². The van der Waals surface area contributed by atoms with E-state index in [1.165, 1.54) is 62.5 Å². The highest BCUT2D eigenvalue weighted by Crippen LogP contribution is 2.31. The highest BCUT2D eigenvalue weighted by molar-refractivity contribution is 5.45. The van der Waals surface area contributed by atoms with Crippen LogP contribution < -0.4 is 11.5 Å². The lowest BCUT2D eigenvalue weighted by atomic mass is 9.86. The Labute approximate surface area is 147 Å². The van der Waals surface area contributed by atoms with E-state index >= 15 is 0 Å². The summed E-state index contributed by atoms with van der Waals surface area (Å²) in [7, 11) is 0. The fraction of sp³-hybridized carbons (Fsp3) is 0.455. The van der Waals surface area contributed by atoms with E-state index in [0.717, 1.165) is 11.4 Å². The standard InChI is InChI=1S/C22H32N2/c1-2-3-4-5-6-7-8-9-22(18-10-14-20(23)15-11-18)19-12-16-21(24)17-13-19/h10-17,22H,2-9,23-24H2,1H3. The number of nitrogens with two attached hydrogens (primary N) is 2. The summed E-state index contributed by atoms with van der Waals surface area (Å²) in [6, 6.07) is 16.7. The van der Waals surface area contributed by atoms with Crippen LogP contribution in [0.25, 0.3) is 0 Å². The number of hydrogen-bond donors (Lipinski definition) is 2. The van der Waals surface area contributed by atoms with E-state index in [1.54, 1.807) is 0 Å². The Morgan fingerprint density at radius 1 is 0.625 bits per heavy atom. The molecule has 0 bridgehead atoms. The molecular weight excluding hydrogens is 292 g/mol. The van der Waals surface area contributed by atoms with Crippen LogP contribution in [-0.4, -0.2) is 0 Å². The van der Waals surface area contributed by atoms with E-state index in [-0.39, 0.29) is 0 Å². The van der Waals surface area contributed by atoms with Crippen LogP contribution in [0.4, 0.5) is 11.4 Å². The summed E-state index contributed by atoms with van der Waals surface area (Å²) < 4.78 is 0. The van der Waals surface area contributed by atoms with Gasteiger partial charge >= 0.3 is 0 Å². The first kappa shape index (κ1) is 18.4. The first-order chi connectivity index (χ1) is 11.7. The Balaban J connectivity index is 1.96. The normalized spacial score (nSPS) is 11.1. The second-order valence-corrected chi connectivity index (χ2v) is 6.80. The zero-order chi connectivity index (χ0) is 17.2. The lowest BCUT2D eigenvalue weighted by Crippen LogP contribution is -2.02. The van der Waals surface area contributed by atoms with Gasteiger partial charge in [-0.15, -0.1) is 0 Å². The first-order valence-electron chi connectivity index (χ1n) is 9.41. The van der Waals surface area contributed by atoms with E-state index in [9.17, 15) is 0 Å². The third-order valence-electron chi connectivity index (χ3n) is 4.77. The fourth-order valence-electron chi connectivity index (χ4n) is 3.29. The van der Waals surface area contributed by atoms with Gasteiger partial charge in [0.25, 0.3) is 0 Å². The van der Waals surface area contributed by atoms with Crippen molar-refractivity contribution in [3.63, 3.8) is 0 Å². The van der Waals surface area contributed by atoms with Crippen molar-refractivity contribution in [1.82, 2.24) is 0 Å². The zero-order valence-corrected chi connectivity index (χ0v) is 15.0. The smallest absolute Gasteiger partial charge is 0.0314 e. The lowest BCUT2D eigenvalue weighted by Gasteiger charge is -2.18. The summed E-state index contributed by atoms with van der Waals surface area (Å²) in [6.45, 7) is 2.27. The average Bonchev–Trinajstić information content (AvgIpc) is 2.60. The third-order valence-corrected chi connectivity index (χ3v) is 4.77. The third kappa shape index (κ3) is 5.92. The second kappa shape index (κ2) is 10.0. The molecular formula is C22H32N2. The van der Waals surface area contributed by atoms with Gasteiger partial charge in [0, 0.05) is 17.3 Å². The van der Waals surface area contributed by atoms with E-state index in [0.29, 0.717) is 5.92 Å². The molecule has 0 aliphatic carbocycles. The molecule has 0 aliphatic rings. The van der Waals surface area contributed by atoms with Gasteiger partial charge in [-0.2, -0.15) is 0 Å². The SMILES string of the molecule is CCCCCCCCCC(c1ccc(N)cc1)c1ccc(N)cc1. The quantitative estimate of drug-likeness (QED) is 0.408. The van der Waals surface area contributed by atoms with Gasteiger partial charge in [0.05, 0.1) is 0 Å². The molecule has 0 heterocycles. The first-order valence-corrected chi connectivity index (χ1v) is 9.41. The maximum atomic E-state index is 5.85. The maximum absolute atomic E-state index is 5.85. The molecule has 0 saturated carbocycles. The summed E-state index contributed by atoms with van der Waals surface area (Å²) in [5.41, 5.74) is 16.0. The lowest BCUT2D eigenvalue weighted by molar-refractivity contribution is 0.559. The van der Waals surface area contributed by atoms with Gasteiger partial charge in [0.1, 0.15) is 0 Å². The highest BCUT2D eigenvalue weighted by atomic mass is 14.5. The van der Waals surface area contributed by atoms with Crippen molar-refractivity contribution >= 4 is 11.4 Å². The van der Waals surface area contributed by atoms with Crippen molar-refractivity contribution in [3.05, 3.63) is 59.7 Å². The van der Waals surface area contributed by atoms with Crippen molar-refractivity contribution in [2.24, 2.45) is 0 Å². The molecule has 2 aromatic carbocycles.